The summed E-state index contributed by atoms with van der Waals surface area (Å²) in [6.45, 7) is 7.79. The second-order valence-electron chi connectivity index (χ2n) is 6.87. The van der Waals surface area contributed by atoms with Gasteiger partial charge in [0.25, 0.3) is 5.91 Å². The van der Waals surface area contributed by atoms with Gasteiger partial charge >= 0.3 is 6.18 Å². The third-order valence-electron chi connectivity index (χ3n) is 5.01. The second-order valence-corrected chi connectivity index (χ2v) is 6.87. The van der Waals surface area contributed by atoms with Crippen LogP contribution in [-0.4, -0.2) is 77.5 Å². The minimum atomic E-state index is -4.29. The number of likely N-dealkylation sites (N-methyl/N-ethyl adjacent to an activating group) is 1. The van der Waals surface area contributed by atoms with Crippen molar-refractivity contribution in [1.29, 1.82) is 0 Å². The number of halogens is 3. The number of amides is 1. The molecule has 0 aliphatic carbocycles. The van der Waals surface area contributed by atoms with Gasteiger partial charge in [0.1, 0.15) is 5.69 Å². The monoisotopic (exact) mass is 389 g/mol. The van der Waals surface area contributed by atoms with Crippen LogP contribution in [0.3, 0.4) is 0 Å². The molecule has 1 aliphatic heterocycles. The zero-order chi connectivity index (χ0) is 19.9. The summed E-state index contributed by atoms with van der Waals surface area (Å²) < 4.78 is 39.8. The van der Waals surface area contributed by atoms with E-state index in [-0.39, 0.29) is 24.8 Å². The largest absolute Gasteiger partial charge is 0.390 e. The van der Waals surface area contributed by atoms with Crippen LogP contribution in [0.1, 0.15) is 49.6 Å². The van der Waals surface area contributed by atoms with Crippen LogP contribution in [-0.2, 0) is 0 Å². The fraction of sp³-hybridized carbons (Fsp3) is 0.778. The molecule has 1 saturated heterocycles. The molecule has 2 rings (SSSR count). The molecule has 0 saturated carbocycles. The van der Waals surface area contributed by atoms with Crippen LogP contribution in [0, 0.1) is 0 Å². The van der Waals surface area contributed by atoms with Crippen LogP contribution >= 0.6 is 0 Å². The van der Waals surface area contributed by atoms with Gasteiger partial charge in [-0.05, 0) is 38.5 Å². The number of carbonyl (C=O) groups excluding carboxylic acids is 1. The van der Waals surface area contributed by atoms with Crippen molar-refractivity contribution in [2.45, 2.75) is 45.3 Å². The molecule has 1 amide bonds. The molecular formula is C18H30F3N5O. The first-order valence-corrected chi connectivity index (χ1v) is 9.68. The van der Waals surface area contributed by atoms with Gasteiger partial charge in [-0.15, -0.1) is 0 Å². The molecule has 1 fully saturated rings. The van der Waals surface area contributed by atoms with Gasteiger partial charge in [0.2, 0.25) is 0 Å². The zero-order valence-electron chi connectivity index (χ0n) is 16.1. The number of rotatable bonds is 9. The molecule has 0 bridgehead atoms. The summed E-state index contributed by atoms with van der Waals surface area (Å²) in [5.41, 5.74) is 0.210. The van der Waals surface area contributed by atoms with E-state index >= 15 is 0 Å². The quantitative estimate of drug-likeness (QED) is 0.705. The van der Waals surface area contributed by atoms with Crippen molar-refractivity contribution >= 4 is 5.91 Å². The molecular weight excluding hydrogens is 359 g/mol. The molecule has 1 aliphatic rings. The summed E-state index contributed by atoms with van der Waals surface area (Å²) in [6.07, 6.45) is -1.54. The molecule has 1 unspecified atom stereocenters. The van der Waals surface area contributed by atoms with Crippen LogP contribution in [0.5, 0.6) is 0 Å². The van der Waals surface area contributed by atoms with Crippen LogP contribution in [0.4, 0.5) is 13.2 Å². The zero-order valence-corrected chi connectivity index (χ0v) is 16.1. The summed E-state index contributed by atoms with van der Waals surface area (Å²) >= 11 is 0. The Hall–Kier alpha value is -1.61. The van der Waals surface area contributed by atoms with E-state index in [2.05, 4.69) is 15.3 Å². The third-order valence-corrected chi connectivity index (χ3v) is 5.01. The van der Waals surface area contributed by atoms with E-state index in [9.17, 15) is 18.0 Å². The van der Waals surface area contributed by atoms with Crippen LogP contribution in [0.25, 0.3) is 0 Å². The van der Waals surface area contributed by atoms with Crippen LogP contribution in [0.15, 0.2) is 12.3 Å². The highest BCUT2D eigenvalue weighted by Gasteiger charge is 2.30. The number of aromatic nitrogens is 2. The van der Waals surface area contributed by atoms with Gasteiger partial charge in [-0.3, -0.25) is 9.48 Å². The Labute approximate surface area is 158 Å². The lowest BCUT2D eigenvalue weighted by Gasteiger charge is -2.26. The van der Waals surface area contributed by atoms with Crippen molar-refractivity contribution < 1.29 is 18.0 Å². The number of alkyl halides is 3. The molecule has 1 aromatic heterocycles. The second kappa shape index (κ2) is 10.1. The van der Waals surface area contributed by atoms with Crippen molar-refractivity contribution in [1.82, 2.24) is 24.9 Å². The molecule has 6 nitrogen and oxygen atoms in total. The number of hydrogen-bond donors (Lipinski definition) is 1. The first-order valence-electron chi connectivity index (χ1n) is 9.68. The maximum absolute atomic E-state index is 12.8. The van der Waals surface area contributed by atoms with Gasteiger partial charge in [-0.1, -0.05) is 13.8 Å². The normalized spacial score (nSPS) is 18.1. The highest BCUT2D eigenvalue weighted by Crippen LogP contribution is 2.21. The topological polar surface area (TPSA) is 53.4 Å². The number of nitrogens with one attached hydrogen (secondary N) is 1. The highest BCUT2D eigenvalue weighted by molar-refractivity contribution is 5.92. The fourth-order valence-corrected chi connectivity index (χ4v) is 3.26. The highest BCUT2D eigenvalue weighted by atomic mass is 19.4. The molecule has 0 aromatic carbocycles. The van der Waals surface area contributed by atoms with Crippen molar-refractivity contribution in [2.75, 3.05) is 45.8 Å². The summed E-state index contributed by atoms with van der Waals surface area (Å²) in [6, 6.07) is 1.79. The summed E-state index contributed by atoms with van der Waals surface area (Å²) in [7, 11) is 0. The minimum absolute atomic E-state index is 0.180. The lowest BCUT2D eigenvalue weighted by Crippen LogP contribution is -2.40. The van der Waals surface area contributed by atoms with Gasteiger partial charge in [-0.2, -0.15) is 18.3 Å². The third kappa shape index (κ3) is 6.80. The Bertz CT molecular complexity index is 580. The van der Waals surface area contributed by atoms with Gasteiger partial charge in [-0.25, -0.2) is 0 Å². The van der Waals surface area contributed by atoms with E-state index in [1.54, 1.807) is 16.9 Å². The van der Waals surface area contributed by atoms with Crippen LogP contribution < -0.4 is 5.32 Å². The molecule has 9 heteroatoms. The van der Waals surface area contributed by atoms with Gasteiger partial charge in [0.05, 0.1) is 12.5 Å². The van der Waals surface area contributed by atoms with Crippen molar-refractivity contribution in [3.05, 3.63) is 18.0 Å². The average Bonchev–Trinajstić information content (AvgIpc) is 3.14. The Balaban J connectivity index is 2.05. The predicted molar refractivity (Wildman–Crippen MR) is 97.7 cm³/mol. The predicted octanol–water partition coefficient (Wildman–Crippen LogP) is 2.54. The van der Waals surface area contributed by atoms with E-state index in [4.69, 9.17) is 0 Å². The minimum Gasteiger partial charge on any atom is -0.336 e. The van der Waals surface area contributed by atoms with Gasteiger partial charge in [0, 0.05) is 32.4 Å². The Morgan fingerprint density at radius 1 is 1.30 bits per heavy atom. The van der Waals surface area contributed by atoms with Gasteiger partial charge < -0.3 is 15.1 Å². The average molecular weight is 389 g/mol. The van der Waals surface area contributed by atoms with E-state index in [0.29, 0.717) is 6.54 Å². The molecule has 1 aromatic rings. The maximum Gasteiger partial charge on any atom is 0.390 e. The number of hydrogen-bond acceptors (Lipinski definition) is 4. The number of carbonyl (C=O) groups is 1. The molecule has 1 atom stereocenters. The molecule has 1 N–H and O–H groups in total. The molecule has 0 radical (unpaired) electrons. The van der Waals surface area contributed by atoms with Gasteiger partial charge in [0.15, 0.2) is 0 Å². The first kappa shape index (κ1) is 21.7. The Morgan fingerprint density at radius 2 is 2.04 bits per heavy atom. The Kier molecular flexibility index (Phi) is 8.09. The molecule has 27 heavy (non-hydrogen) atoms. The summed E-state index contributed by atoms with van der Waals surface area (Å²) in [5, 5.41) is 7.65. The molecule has 0 spiro atoms. The summed E-state index contributed by atoms with van der Waals surface area (Å²) in [5.74, 6) is -0.436. The van der Waals surface area contributed by atoms with E-state index in [1.807, 2.05) is 13.8 Å². The van der Waals surface area contributed by atoms with E-state index < -0.39 is 18.5 Å². The molecule has 154 valence electrons. The number of piperidine rings is 1. The fourth-order valence-electron chi connectivity index (χ4n) is 3.26. The Morgan fingerprint density at radius 3 is 2.63 bits per heavy atom. The smallest absolute Gasteiger partial charge is 0.336 e. The summed E-state index contributed by atoms with van der Waals surface area (Å²) in [4.78, 5) is 16.2. The van der Waals surface area contributed by atoms with Crippen LogP contribution in [0.2, 0.25) is 0 Å². The van der Waals surface area contributed by atoms with Crippen molar-refractivity contribution in [2.24, 2.45) is 0 Å². The SMILES string of the molecule is CCN(CC)CCN(CCC(F)(F)F)C(=O)c1ccn(C2CCCNC2)n1. The van der Waals surface area contributed by atoms with E-state index in [1.165, 1.54) is 4.90 Å². The lowest BCUT2D eigenvalue weighted by atomic mass is 10.1. The maximum atomic E-state index is 12.8. The molecule has 2 heterocycles. The van der Waals surface area contributed by atoms with Crippen molar-refractivity contribution in [3.8, 4) is 0 Å². The van der Waals surface area contributed by atoms with Crippen molar-refractivity contribution in [3.63, 3.8) is 0 Å². The lowest BCUT2D eigenvalue weighted by molar-refractivity contribution is -0.136. The first-order chi connectivity index (χ1) is 12.8. The standard InChI is InChI=1S/C18H30F3N5O/c1-3-24(4-2)12-13-25(11-8-18(19,20)21)17(27)16-7-10-26(23-16)15-6-5-9-22-14-15/h7,10,15,22H,3-6,8-9,11-14H2,1-2H3. The van der Waals surface area contributed by atoms with E-state index in [0.717, 1.165) is 39.0 Å². The number of nitrogens with zero attached hydrogens (tertiary/aromatic N) is 4.